The van der Waals surface area contributed by atoms with Gasteiger partial charge in [0.1, 0.15) is 0 Å². The third-order valence-electron chi connectivity index (χ3n) is 4.52. The summed E-state index contributed by atoms with van der Waals surface area (Å²) in [5.74, 6) is 0.00991. The second-order valence-electron chi connectivity index (χ2n) is 6.24. The van der Waals surface area contributed by atoms with Gasteiger partial charge in [-0.05, 0) is 49.0 Å². The normalized spacial score (nSPS) is 17.3. The van der Waals surface area contributed by atoms with E-state index in [9.17, 15) is 9.59 Å². The smallest absolute Gasteiger partial charge is 0.261 e. The fourth-order valence-corrected chi connectivity index (χ4v) is 3.66. The zero-order valence-electron chi connectivity index (χ0n) is 14.3. The highest BCUT2D eigenvalue weighted by atomic mass is 32.1. The van der Waals surface area contributed by atoms with E-state index < -0.39 is 0 Å². The number of benzene rings is 1. The zero-order chi connectivity index (χ0) is 17.6. The predicted molar refractivity (Wildman–Crippen MR) is 99.9 cm³/mol. The van der Waals surface area contributed by atoms with E-state index >= 15 is 0 Å². The number of carbonyl (C=O) groups is 2. The van der Waals surface area contributed by atoms with Crippen molar-refractivity contribution >= 4 is 23.2 Å². The van der Waals surface area contributed by atoms with Crippen LogP contribution in [-0.4, -0.2) is 42.9 Å². The van der Waals surface area contributed by atoms with Crippen molar-refractivity contribution in [3.8, 4) is 0 Å². The van der Waals surface area contributed by atoms with Crippen LogP contribution in [0.15, 0.2) is 41.8 Å². The number of nitrogens with one attached hydrogen (secondary N) is 2. The van der Waals surface area contributed by atoms with Gasteiger partial charge in [-0.2, -0.15) is 0 Å². The molecule has 0 spiro atoms. The number of rotatable bonds is 5. The minimum Gasteiger partial charge on any atom is -0.347 e. The summed E-state index contributed by atoms with van der Waals surface area (Å²) in [6.07, 6.45) is 2.15. The maximum Gasteiger partial charge on any atom is 0.261 e. The van der Waals surface area contributed by atoms with Gasteiger partial charge < -0.3 is 15.5 Å². The van der Waals surface area contributed by atoms with Crippen LogP contribution < -0.4 is 10.6 Å². The van der Waals surface area contributed by atoms with E-state index in [4.69, 9.17) is 0 Å². The molecule has 0 saturated carbocycles. The highest BCUT2D eigenvalue weighted by Crippen LogP contribution is 2.15. The van der Waals surface area contributed by atoms with Gasteiger partial charge in [0, 0.05) is 31.2 Å². The van der Waals surface area contributed by atoms with Gasteiger partial charge in [0.25, 0.3) is 11.8 Å². The van der Waals surface area contributed by atoms with E-state index in [0.29, 0.717) is 23.0 Å². The van der Waals surface area contributed by atoms with Crippen molar-refractivity contribution in [3.05, 3.63) is 57.8 Å². The largest absolute Gasteiger partial charge is 0.347 e. The first-order valence-corrected chi connectivity index (χ1v) is 9.42. The lowest BCUT2D eigenvalue weighted by atomic mass is 10.0. The van der Waals surface area contributed by atoms with Gasteiger partial charge in [0.2, 0.25) is 0 Å². The van der Waals surface area contributed by atoms with Crippen LogP contribution in [0.3, 0.4) is 0 Å². The number of thiophene rings is 1. The Morgan fingerprint density at radius 2 is 2.04 bits per heavy atom. The molecule has 3 rings (SSSR count). The molecule has 2 amide bonds. The zero-order valence-corrected chi connectivity index (χ0v) is 15.1. The average molecular weight is 357 g/mol. The first-order chi connectivity index (χ1) is 12.2. The molecule has 1 fully saturated rings. The third-order valence-corrected chi connectivity index (χ3v) is 5.38. The molecule has 2 N–H and O–H groups in total. The fourth-order valence-electron chi connectivity index (χ4n) is 3.02. The van der Waals surface area contributed by atoms with Crippen molar-refractivity contribution in [2.45, 2.75) is 25.4 Å². The lowest BCUT2D eigenvalue weighted by Gasteiger charge is -2.32. The van der Waals surface area contributed by atoms with Gasteiger partial charge in [-0.15, -0.1) is 11.3 Å². The third kappa shape index (κ3) is 4.46. The molecule has 1 saturated heterocycles. The van der Waals surface area contributed by atoms with Crippen LogP contribution in [0.1, 0.15) is 38.4 Å². The van der Waals surface area contributed by atoms with Crippen molar-refractivity contribution in [2.24, 2.45) is 0 Å². The van der Waals surface area contributed by atoms with Crippen molar-refractivity contribution in [3.63, 3.8) is 0 Å². The van der Waals surface area contributed by atoms with Gasteiger partial charge >= 0.3 is 0 Å². The summed E-state index contributed by atoms with van der Waals surface area (Å²) in [5, 5.41) is 8.03. The Morgan fingerprint density at radius 3 is 2.72 bits per heavy atom. The number of piperidine rings is 1. The maximum atomic E-state index is 12.6. The minimum atomic E-state index is -0.0680. The minimum absolute atomic E-state index is 0.0680. The molecule has 25 heavy (non-hydrogen) atoms. The summed E-state index contributed by atoms with van der Waals surface area (Å²) in [7, 11) is 1.94. The Morgan fingerprint density at radius 1 is 1.24 bits per heavy atom. The number of hydrogen-bond donors (Lipinski definition) is 2. The van der Waals surface area contributed by atoms with Crippen LogP contribution >= 0.6 is 11.3 Å². The van der Waals surface area contributed by atoms with Crippen LogP contribution in [0.5, 0.6) is 0 Å². The number of likely N-dealkylation sites (N-methyl/N-ethyl adjacent to an activating group) is 1. The predicted octanol–water partition coefficient (Wildman–Crippen LogP) is 2.50. The van der Waals surface area contributed by atoms with Crippen molar-refractivity contribution < 1.29 is 9.59 Å². The summed E-state index contributed by atoms with van der Waals surface area (Å²) >= 11 is 1.42. The molecule has 1 aliphatic rings. The molecule has 0 aliphatic carbocycles. The van der Waals surface area contributed by atoms with Crippen molar-refractivity contribution in [1.82, 2.24) is 15.5 Å². The Labute approximate surface area is 152 Å². The van der Waals surface area contributed by atoms with Gasteiger partial charge in [-0.1, -0.05) is 18.2 Å². The lowest BCUT2D eigenvalue weighted by Crippen LogP contribution is -2.46. The van der Waals surface area contributed by atoms with E-state index in [0.717, 1.165) is 31.5 Å². The summed E-state index contributed by atoms with van der Waals surface area (Å²) in [6.45, 7) is 2.03. The van der Waals surface area contributed by atoms with Crippen LogP contribution in [0.25, 0.3) is 0 Å². The molecule has 1 unspecified atom stereocenters. The fraction of sp³-hybridized carbons (Fsp3) is 0.368. The molecule has 2 heterocycles. The average Bonchev–Trinajstić information content (AvgIpc) is 3.21. The van der Waals surface area contributed by atoms with Crippen molar-refractivity contribution in [2.75, 3.05) is 20.1 Å². The summed E-state index contributed by atoms with van der Waals surface area (Å²) in [6, 6.07) is 11.5. The van der Waals surface area contributed by atoms with Crippen LogP contribution in [0, 0.1) is 0 Å². The van der Waals surface area contributed by atoms with Crippen molar-refractivity contribution in [1.29, 1.82) is 0 Å². The van der Waals surface area contributed by atoms with Gasteiger partial charge in [0.05, 0.1) is 4.88 Å². The Balaban J connectivity index is 1.56. The van der Waals surface area contributed by atoms with E-state index in [1.807, 2.05) is 47.7 Å². The van der Waals surface area contributed by atoms with Crippen LogP contribution in [0.2, 0.25) is 0 Å². The van der Waals surface area contributed by atoms with Gasteiger partial charge in [-0.25, -0.2) is 0 Å². The quantitative estimate of drug-likeness (QED) is 0.864. The molecule has 2 aromatic rings. The van der Waals surface area contributed by atoms with E-state index in [2.05, 4.69) is 10.6 Å². The number of carbonyl (C=O) groups excluding carboxylic acids is 2. The van der Waals surface area contributed by atoms with Crippen LogP contribution in [-0.2, 0) is 6.54 Å². The Hall–Kier alpha value is -2.18. The SMILES string of the molecule is CNC1CCCN(C(=O)c2ccc(CNC(=O)c3cccs3)cc2)C1. The number of likely N-dealkylation sites (tertiary alicyclic amines) is 1. The van der Waals surface area contributed by atoms with Gasteiger partial charge in [-0.3, -0.25) is 9.59 Å². The second-order valence-corrected chi connectivity index (χ2v) is 7.18. The summed E-state index contributed by atoms with van der Waals surface area (Å²) in [5.41, 5.74) is 1.68. The first-order valence-electron chi connectivity index (χ1n) is 8.54. The molecule has 1 aliphatic heterocycles. The van der Waals surface area contributed by atoms with Crippen LogP contribution in [0.4, 0.5) is 0 Å². The number of nitrogens with zero attached hydrogens (tertiary/aromatic N) is 1. The molecular weight excluding hydrogens is 334 g/mol. The highest BCUT2D eigenvalue weighted by molar-refractivity contribution is 7.12. The number of hydrogen-bond acceptors (Lipinski definition) is 4. The standard InChI is InChI=1S/C19H23N3O2S/c1-20-16-4-2-10-22(13-16)19(24)15-8-6-14(7-9-15)12-21-18(23)17-5-3-11-25-17/h3,5-9,11,16,20H,2,4,10,12-13H2,1H3,(H,21,23). The molecule has 1 aromatic heterocycles. The van der Waals surface area contributed by atoms with E-state index in [-0.39, 0.29) is 11.8 Å². The summed E-state index contributed by atoms with van der Waals surface area (Å²) < 4.78 is 0. The first kappa shape index (κ1) is 17.6. The molecule has 5 nitrogen and oxygen atoms in total. The molecular formula is C19H23N3O2S. The maximum absolute atomic E-state index is 12.6. The molecule has 1 aromatic carbocycles. The summed E-state index contributed by atoms with van der Waals surface area (Å²) in [4.78, 5) is 27.2. The molecule has 0 radical (unpaired) electrons. The topological polar surface area (TPSA) is 61.4 Å². The monoisotopic (exact) mass is 357 g/mol. The number of amides is 2. The molecule has 6 heteroatoms. The highest BCUT2D eigenvalue weighted by Gasteiger charge is 2.23. The molecule has 132 valence electrons. The molecule has 0 bridgehead atoms. The lowest BCUT2D eigenvalue weighted by molar-refractivity contribution is 0.0698. The second kappa shape index (κ2) is 8.27. The molecule has 1 atom stereocenters. The van der Waals surface area contributed by atoms with E-state index in [1.54, 1.807) is 6.07 Å². The Kier molecular flexibility index (Phi) is 5.83. The Bertz CT molecular complexity index is 713. The van der Waals surface area contributed by atoms with Gasteiger partial charge in [0.15, 0.2) is 0 Å². The van der Waals surface area contributed by atoms with E-state index in [1.165, 1.54) is 11.3 Å².